The van der Waals surface area contributed by atoms with Crippen molar-refractivity contribution in [1.29, 1.82) is 0 Å². The Labute approximate surface area is 156 Å². The third kappa shape index (κ3) is 5.15. The number of carbonyl (C=O) groups excluding carboxylic acids is 1. The molecular formula is C20H22F3N3O. The maximum Gasteiger partial charge on any atom is 0.416 e. The molecule has 144 valence electrons. The minimum atomic E-state index is -4.39. The lowest BCUT2D eigenvalue weighted by Crippen LogP contribution is -2.32. The van der Waals surface area contributed by atoms with Crippen molar-refractivity contribution in [3.8, 4) is 0 Å². The summed E-state index contributed by atoms with van der Waals surface area (Å²) in [6, 6.07) is 11.4. The van der Waals surface area contributed by atoms with Gasteiger partial charge in [0.05, 0.1) is 5.56 Å². The molecular weight excluding hydrogens is 355 g/mol. The minimum Gasteiger partial charge on any atom is -0.372 e. The zero-order valence-corrected chi connectivity index (χ0v) is 15.0. The Hall–Kier alpha value is -2.70. The Morgan fingerprint density at radius 3 is 1.89 bits per heavy atom. The molecule has 4 nitrogen and oxygen atoms in total. The van der Waals surface area contributed by atoms with Gasteiger partial charge in [-0.2, -0.15) is 13.2 Å². The molecule has 0 spiro atoms. The Kier molecular flexibility index (Phi) is 5.58. The number of benzene rings is 2. The van der Waals surface area contributed by atoms with E-state index in [1.54, 1.807) is 0 Å². The fourth-order valence-corrected chi connectivity index (χ4v) is 3.06. The fraction of sp³-hybridized carbons (Fsp3) is 0.350. The second-order valence-electron chi connectivity index (χ2n) is 6.87. The van der Waals surface area contributed by atoms with Gasteiger partial charge in [0, 0.05) is 30.2 Å². The molecule has 0 bridgehead atoms. The molecule has 7 heteroatoms. The van der Waals surface area contributed by atoms with Crippen LogP contribution in [0.4, 0.5) is 35.0 Å². The van der Waals surface area contributed by atoms with Crippen LogP contribution in [0.2, 0.25) is 0 Å². The molecule has 0 unspecified atom stereocenters. The third-order valence-electron chi connectivity index (χ3n) is 4.74. The summed E-state index contributed by atoms with van der Waals surface area (Å²) in [5, 5.41) is 5.21. The molecule has 1 saturated heterocycles. The SMILES string of the molecule is CC1CCN(c2ccc(NC(=O)Nc3ccc(C(F)(F)F)cc3)cc2)CC1. The minimum absolute atomic E-state index is 0.291. The molecule has 1 fully saturated rings. The molecule has 1 heterocycles. The summed E-state index contributed by atoms with van der Waals surface area (Å²) >= 11 is 0. The highest BCUT2D eigenvalue weighted by Crippen LogP contribution is 2.30. The second kappa shape index (κ2) is 7.90. The van der Waals surface area contributed by atoms with Crippen molar-refractivity contribution >= 4 is 23.1 Å². The largest absolute Gasteiger partial charge is 0.416 e. The lowest BCUT2D eigenvalue weighted by atomic mass is 9.99. The van der Waals surface area contributed by atoms with Crippen molar-refractivity contribution in [3.63, 3.8) is 0 Å². The molecule has 0 atom stereocenters. The van der Waals surface area contributed by atoms with Crippen LogP contribution < -0.4 is 15.5 Å². The number of alkyl halides is 3. The first kappa shape index (κ1) is 19.1. The number of amides is 2. The first-order chi connectivity index (χ1) is 12.8. The van der Waals surface area contributed by atoms with Crippen LogP contribution in [0.3, 0.4) is 0 Å². The number of nitrogens with one attached hydrogen (secondary N) is 2. The number of halogens is 3. The molecule has 0 aliphatic carbocycles. The van der Waals surface area contributed by atoms with Gasteiger partial charge in [-0.05, 0) is 67.3 Å². The van der Waals surface area contributed by atoms with E-state index in [9.17, 15) is 18.0 Å². The number of carbonyl (C=O) groups is 1. The van der Waals surface area contributed by atoms with E-state index in [1.807, 2.05) is 24.3 Å². The number of hydrogen-bond donors (Lipinski definition) is 2. The van der Waals surface area contributed by atoms with Crippen LogP contribution >= 0.6 is 0 Å². The lowest BCUT2D eigenvalue weighted by molar-refractivity contribution is -0.137. The van der Waals surface area contributed by atoms with Crippen LogP contribution in [-0.2, 0) is 6.18 Å². The second-order valence-corrected chi connectivity index (χ2v) is 6.87. The average molecular weight is 377 g/mol. The topological polar surface area (TPSA) is 44.4 Å². The van der Waals surface area contributed by atoms with Crippen molar-refractivity contribution in [2.24, 2.45) is 5.92 Å². The fourth-order valence-electron chi connectivity index (χ4n) is 3.06. The average Bonchev–Trinajstić information content (AvgIpc) is 2.63. The number of piperidine rings is 1. The molecule has 1 aliphatic heterocycles. The van der Waals surface area contributed by atoms with Gasteiger partial charge in [-0.15, -0.1) is 0 Å². The first-order valence-corrected chi connectivity index (χ1v) is 8.91. The Morgan fingerprint density at radius 2 is 1.41 bits per heavy atom. The predicted octanol–water partition coefficient (Wildman–Crippen LogP) is 5.59. The van der Waals surface area contributed by atoms with Gasteiger partial charge in [0.25, 0.3) is 0 Å². The van der Waals surface area contributed by atoms with Crippen molar-refractivity contribution in [2.75, 3.05) is 28.6 Å². The molecule has 27 heavy (non-hydrogen) atoms. The Bertz CT molecular complexity index is 765. The van der Waals surface area contributed by atoms with Crippen molar-refractivity contribution in [3.05, 3.63) is 54.1 Å². The summed E-state index contributed by atoms with van der Waals surface area (Å²) in [5.41, 5.74) is 1.28. The predicted molar refractivity (Wildman–Crippen MR) is 101 cm³/mol. The summed E-state index contributed by atoms with van der Waals surface area (Å²) in [5.74, 6) is 0.760. The Balaban J connectivity index is 1.55. The van der Waals surface area contributed by atoms with E-state index in [0.717, 1.165) is 36.8 Å². The van der Waals surface area contributed by atoms with Gasteiger partial charge in [0.2, 0.25) is 0 Å². The molecule has 2 N–H and O–H groups in total. The molecule has 0 radical (unpaired) electrons. The quantitative estimate of drug-likeness (QED) is 0.733. The molecule has 1 aliphatic rings. The number of rotatable bonds is 3. The molecule has 2 aromatic rings. The maximum absolute atomic E-state index is 12.6. The zero-order valence-electron chi connectivity index (χ0n) is 15.0. The zero-order chi connectivity index (χ0) is 19.4. The van der Waals surface area contributed by atoms with Crippen LogP contribution in [0.5, 0.6) is 0 Å². The highest BCUT2D eigenvalue weighted by atomic mass is 19.4. The summed E-state index contributed by atoms with van der Waals surface area (Å²) < 4.78 is 37.7. The van der Waals surface area contributed by atoms with Gasteiger partial charge in [-0.1, -0.05) is 6.92 Å². The molecule has 2 amide bonds. The number of urea groups is 1. The number of hydrogen-bond acceptors (Lipinski definition) is 2. The lowest BCUT2D eigenvalue weighted by Gasteiger charge is -2.32. The van der Waals surface area contributed by atoms with Gasteiger partial charge in [-0.3, -0.25) is 0 Å². The van der Waals surface area contributed by atoms with E-state index in [1.165, 1.54) is 25.0 Å². The summed E-state index contributed by atoms with van der Waals surface area (Å²) in [6.45, 7) is 4.32. The van der Waals surface area contributed by atoms with Gasteiger partial charge >= 0.3 is 12.2 Å². The monoisotopic (exact) mass is 377 g/mol. The standard InChI is InChI=1S/C20H22F3N3O/c1-14-10-12-26(13-11-14)18-8-6-17(7-9-18)25-19(27)24-16-4-2-15(3-5-16)20(21,22)23/h2-9,14H,10-13H2,1H3,(H2,24,25,27). The maximum atomic E-state index is 12.6. The molecule has 3 rings (SSSR count). The highest BCUT2D eigenvalue weighted by molar-refractivity contribution is 5.99. The van der Waals surface area contributed by atoms with E-state index in [4.69, 9.17) is 0 Å². The van der Waals surface area contributed by atoms with Gasteiger partial charge in [-0.25, -0.2) is 4.79 Å². The molecule has 0 saturated carbocycles. The van der Waals surface area contributed by atoms with Crippen LogP contribution in [0.25, 0.3) is 0 Å². The van der Waals surface area contributed by atoms with E-state index in [2.05, 4.69) is 22.5 Å². The Morgan fingerprint density at radius 1 is 0.926 bits per heavy atom. The van der Waals surface area contributed by atoms with Gasteiger partial charge in [0.15, 0.2) is 0 Å². The van der Waals surface area contributed by atoms with Crippen LogP contribution in [0, 0.1) is 5.92 Å². The van der Waals surface area contributed by atoms with Crippen molar-refractivity contribution in [2.45, 2.75) is 25.9 Å². The number of nitrogens with zero attached hydrogens (tertiary/aromatic N) is 1. The first-order valence-electron chi connectivity index (χ1n) is 8.91. The normalized spacial score (nSPS) is 15.5. The van der Waals surface area contributed by atoms with Crippen LogP contribution in [0.15, 0.2) is 48.5 Å². The van der Waals surface area contributed by atoms with Gasteiger partial charge < -0.3 is 15.5 Å². The van der Waals surface area contributed by atoms with Crippen molar-refractivity contribution < 1.29 is 18.0 Å². The van der Waals surface area contributed by atoms with Crippen LogP contribution in [-0.4, -0.2) is 19.1 Å². The summed E-state index contributed by atoms with van der Waals surface area (Å²) in [4.78, 5) is 14.4. The van der Waals surface area contributed by atoms with E-state index < -0.39 is 17.8 Å². The molecule has 0 aromatic heterocycles. The number of anilines is 3. The molecule has 2 aromatic carbocycles. The summed E-state index contributed by atoms with van der Waals surface area (Å²) in [6.07, 6.45) is -2.04. The third-order valence-corrected chi connectivity index (χ3v) is 4.74. The van der Waals surface area contributed by atoms with E-state index >= 15 is 0 Å². The van der Waals surface area contributed by atoms with E-state index in [0.29, 0.717) is 11.4 Å². The van der Waals surface area contributed by atoms with Gasteiger partial charge in [0.1, 0.15) is 0 Å². The smallest absolute Gasteiger partial charge is 0.372 e. The highest BCUT2D eigenvalue weighted by Gasteiger charge is 2.30. The van der Waals surface area contributed by atoms with Crippen molar-refractivity contribution in [1.82, 2.24) is 0 Å². The van der Waals surface area contributed by atoms with E-state index in [-0.39, 0.29) is 0 Å². The van der Waals surface area contributed by atoms with Crippen LogP contribution in [0.1, 0.15) is 25.3 Å². The summed E-state index contributed by atoms with van der Waals surface area (Å²) in [7, 11) is 0.